The van der Waals surface area contributed by atoms with Crippen molar-refractivity contribution in [2.75, 3.05) is 0 Å². The summed E-state index contributed by atoms with van der Waals surface area (Å²) in [5.74, 6) is 0.0569. The van der Waals surface area contributed by atoms with E-state index in [9.17, 15) is 15.8 Å². The van der Waals surface area contributed by atoms with Gasteiger partial charge in [0.1, 0.15) is 29.4 Å². The molecule has 0 saturated carbocycles. The van der Waals surface area contributed by atoms with Gasteiger partial charge in [0.15, 0.2) is 11.3 Å². The third kappa shape index (κ3) is 5.65. The van der Waals surface area contributed by atoms with Gasteiger partial charge < -0.3 is 9.30 Å². The maximum Gasteiger partial charge on any atom is 0.172 e. The molecule has 5 nitrogen and oxygen atoms in total. The number of nitrogens with zero attached hydrogens (tertiary/aromatic N) is 4. The van der Waals surface area contributed by atoms with Gasteiger partial charge in [0.05, 0.1) is 0 Å². The summed E-state index contributed by atoms with van der Waals surface area (Å²) >= 11 is 1.65. The first-order chi connectivity index (χ1) is 18.4. The highest BCUT2D eigenvalue weighted by Gasteiger charge is 2.38. The highest BCUT2D eigenvalue weighted by atomic mass is 32.1. The molecule has 0 spiro atoms. The molecule has 3 aromatic rings. The van der Waals surface area contributed by atoms with E-state index in [0.29, 0.717) is 5.57 Å². The number of aryl methyl sites for hydroxylation is 1. The molecule has 190 valence electrons. The molecule has 1 aromatic carbocycles. The van der Waals surface area contributed by atoms with Crippen LogP contribution in [0.25, 0.3) is 29.1 Å². The van der Waals surface area contributed by atoms with E-state index in [1.165, 1.54) is 42.1 Å². The highest BCUT2D eigenvalue weighted by molar-refractivity contribution is 7.13. The molecule has 0 N–H and O–H groups in total. The standard InChI is InChI=1S/C32H30N4OS/c1-4-5-6-9-18-36-22-23(27-10-7-8-11-30(27)36)12-13-25-14-15-26(38-25)16-17-29-28(21-35)31(24(19-33)20-34)37-32(29,2)3/h7-8,10-17,22H,4-6,9,18H2,1-3H3/b13-12+,17-16+. The number of benzene rings is 1. The maximum atomic E-state index is 9.72. The zero-order valence-electron chi connectivity index (χ0n) is 22.0. The van der Waals surface area contributed by atoms with E-state index < -0.39 is 5.60 Å². The molecule has 0 amide bonds. The molecule has 0 unspecified atom stereocenters. The smallest absolute Gasteiger partial charge is 0.172 e. The van der Waals surface area contributed by atoms with Gasteiger partial charge in [-0.3, -0.25) is 0 Å². The van der Waals surface area contributed by atoms with Crippen LogP contribution in [0.4, 0.5) is 0 Å². The molecule has 38 heavy (non-hydrogen) atoms. The van der Waals surface area contributed by atoms with Crippen LogP contribution in [-0.2, 0) is 11.3 Å². The number of thiophene rings is 1. The fourth-order valence-electron chi connectivity index (χ4n) is 4.67. The Hall–Kier alpha value is -4.31. The molecule has 1 aliphatic heterocycles. The maximum absolute atomic E-state index is 9.72. The van der Waals surface area contributed by atoms with Gasteiger partial charge in [0.2, 0.25) is 0 Å². The van der Waals surface area contributed by atoms with Crippen LogP contribution in [0.1, 0.15) is 61.8 Å². The predicted octanol–water partition coefficient (Wildman–Crippen LogP) is 8.40. The molecule has 0 radical (unpaired) electrons. The van der Waals surface area contributed by atoms with Crippen LogP contribution < -0.4 is 0 Å². The molecule has 3 heterocycles. The monoisotopic (exact) mass is 518 g/mol. The van der Waals surface area contributed by atoms with Crippen molar-refractivity contribution in [2.24, 2.45) is 0 Å². The molecule has 0 bridgehead atoms. The van der Waals surface area contributed by atoms with Gasteiger partial charge in [-0.15, -0.1) is 11.3 Å². The second-order valence-corrected chi connectivity index (χ2v) is 10.8. The Morgan fingerprint density at radius 3 is 2.34 bits per heavy atom. The molecule has 0 fully saturated rings. The first kappa shape index (κ1) is 26.7. The van der Waals surface area contributed by atoms with Crippen LogP contribution in [0.15, 0.2) is 71.1 Å². The van der Waals surface area contributed by atoms with Crippen LogP contribution >= 0.6 is 11.3 Å². The van der Waals surface area contributed by atoms with Gasteiger partial charge in [-0.1, -0.05) is 56.5 Å². The Balaban J connectivity index is 1.56. The quantitative estimate of drug-likeness (QED) is 0.210. The van der Waals surface area contributed by atoms with E-state index in [-0.39, 0.29) is 16.9 Å². The Morgan fingerprint density at radius 1 is 0.947 bits per heavy atom. The minimum atomic E-state index is -0.819. The number of hydrogen-bond acceptors (Lipinski definition) is 5. The number of unbranched alkanes of at least 4 members (excludes halogenated alkanes) is 3. The van der Waals surface area contributed by atoms with Gasteiger partial charge in [0, 0.05) is 44.5 Å². The number of rotatable bonds is 9. The number of aromatic nitrogens is 1. The second-order valence-electron chi connectivity index (χ2n) is 9.70. The minimum Gasteiger partial charge on any atom is -0.480 e. The van der Waals surface area contributed by atoms with Crippen LogP contribution in [0.3, 0.4) is 0 Å². The van der Waals surface area contributed by atoms with Crippen LogP contribution in [0, 0.1) is 34.0 Å². The van der Waals surface area contributed by atoms with E-state index in [1.54, 1.807) is 11.3 Å². The lowest BCUT2D eigenvalue weighted by atomic mass is 9.94. The molecule has 2 aromatic heterocycles. The van der Waals surface area contributed by atoms with Crippen LogP contribution in [-0.4, -0.2) is 10.2 Å². The van der Waals surface area contributed by atoms with Crippen molar-refractivity contribution in [3.8, 4) is 18.2 Å². The molecular weight excluding hydrogens is 488 g/mol. The molecule has 0 atom stereocenters. The molecule has 1 aliphatic rings. The van der Waals surface area contributed by atoms with Gasteiger partial charge in [-0.25, -0.2) is 0 Å². The van der Waals surface area contributed by atoms with Gasteiger partial charge >= 0.3 is 0 Å². The summed E-state index contributed by atoms with van der Waals surface area (Å²) in [7, 11) is 0. The van der Waals surface area contributed by atoms with E-state index >= 15 is 0 Å². The summed E-state index contributed by atoms with van der Waals surface area (Å²) in [6.07, 6.45) is 15.3. The number of nitriles is 3. The lowest BCUT2D eigenvalue weighted by Gasteiger charge is -2.20. The van der Waals surface area contributed by atoms with E-state index in [1.807, 2.05) is 44.2 Å². The molecular formula is C32H30N4OS. The number of allylic oxidation sites excluding steroid dienone is 2. The average molecular weight is 519 g/mol. The molecule has 6 heteroatoms. The van der Waals surface area contributed by atoms with Crippen molar-refractivity contribution in [3.63, 3.8) is 0 Å². The van der Waals surface area contributed by atoms with Gasteiger partial charge in [-0.05, 0) is 50.6 Å². The Morgan fingerprint density at radius 2 is 1.66 bits per heavy atom. The molecule has 0 saturated heterocycles. The Labute approximate surface area is 228 Å². The zero-order chi connectivity index (χ0) is 27.1. The fraction of sp³-hybridized carbons (Fsp3) is 0.281. The summed E-state index contributed by atoms with van der Waals surface area (Å²) in [5.41, 5.74) is 2.35. The first-order valence-electron chi connectivity index (χ1n) is 12.8. The summed E-state index contributed by atoms with van der Waals surface area (Å²) in [5, 5.41) is 29.5. The van der Waals surface area contributed by atoms with Crippen molar-refractivity contribution < 1.29 is 4.74 Å². The van der Waals surface area contributed by atoms with Crippen molar-refractivity contribution in [2.45, 2.75) is 58.6 Å². The average Bonchev–Trinajstić information content (AvgIpc) is 3.58. The number of para-hydroxylation sites is 1. The summed E-state index contributed by atoms with van der Waals surface area (Å²) < 4.78 is 8.21. The van der Waals surface area contributed by atoms with Crippen molar-refractivity contribution >= 4 is 40.5 Å². The highest BCUT2D eigenvalue weighted by Crippen LogP contribution is 2.40. The van der Waals surface area contributed by atoms with Crippen molar-refractivity contribution in [1.29, 1.82) is 15.8 Å². The zero-order valence-corrected chi connectivity index (χ0v) is 22.8. The third-order valence-electron chi connectivity index (χ3n) is 6.63. The Kier molecular flexibility index (Phi) is 8.32. The Bertz CT molecular complexity index is 1570. The molecule has 4 rings (SSSR count). The summed E-state index contributed by atoms with van der Waals surface area (Å²) in [4.78, 5) is 2.15. The van der Waals surface area contributed by atoms with Crippen LogP contribution in [0.2, 0.25) is 0 Å². The number of fused-ring (bicyclic) bond motifs is 1. The SMILES string of the molecule is CCCCCCn1cc(/C=C/c2ccc(/C=C/C3=C(C#N)C(=C(C#N)C#N)OC3(C)C)s2)c2ccccc21. The topological polar surface area (TPSA) is 85.5 Å². The van der Waals surface area contributed by atoms with E-state index in [4.69, 9.17) is 4.74 Å². The lowest BCUT2D eigenvalue weighted by Crippen LogP contribution is -2.20. The number of hydrogen-bond donors (Lipinski definition) is 0. The normalized spacial score (nSPS) is 14.7. The first-order valence-corrected chi connectivity index (χ1v) is 13.7. The predicted molar refractivity (Wildman–Crippen MR) is 154 cm³/mol. The fourth-order valence-corrected chi connectivity index (χ4v) is 5.49. The van der Waals surface area contributed by atoms with E-state index in [2.05, 4.69) is 66.2 Å². The molecule has 0 aliphatic carbocycles. The summed E-state index contributed by atoms with van der Waals surface area (Å²) in [6.45, 7) is 6.92. The van der Waals surface area contributed by atoms with Crippen molar-refractivity contribution in [3.05, 3.63) is 86.5 Å². The lowest BCUT2D eigenvalue weighted by molar-refractivity contribution is 0.0954. The van der Waals surface area contributed by atoms with Crippen molar-refractivity contribution in [1.82, 2.24) is 4.57 Å². The van der Waals surface area contributed by atoms with E-state index in [0.717, 1.165) is 16.3 Å². The van der Waals surface area contributed by atoms with Gasteiger partial charge in [-0.2, -0.15) is 15.8 Å². The van der Waals surface area contributed by atoms with Gasteiger partial charge in [0.25, 0.3) is 0 Å². The second kappa shape index (κ2) is 11.8. The number of ether oxygens (including phenoxy) is 1. The third-order valence-corrected chi connectivity index (χ3v) is 7.64. The minimum absolute atomic E-state index is 0.0569. The largest absolute Gasteiger partial charge is 0.480 e. The summed E-state index contributed by atoms with van der Waals surface area (Å²) in [6, 6.07) is 18.4. The van der Waals surface area contributed by atoms with Crippen LogP contribution in [0.5, 0.6) is 0 Å².